The number of nitrogens with zero attached hydrogens (tertiary/aromatic N) is 7. The molecule has 0 aliphatic carbocycles. The smallest absolute Gasteiger partial charge is 0.293 e. The fourth-order valence-electron chi connectivity index (χ4n) is 10.1. The Labute approximate surface area is 389 Å². The Morgan fingerprint density at radius 2 is 1.71 bits per heavy atom. The minimum Gasteiger partial charge on any atom is -0.478 e. The molecule has 66 heavy (non-hydrogen) atoms. The van der Waals surface area contributed by atoms with E-state index < -0.39 is 23.8 Å². The largest absolute Gasteiger partial charge is 0.478 e. The number of anilines is 4. The van der Waals surface area contributed by atoms with Gasteiger partial charge >= 0.3 is 0 Å². The van der Waals surface area contributed by atoms with Crippen LogP contribution in [0.25, 0.3) is 10.9 Å². The average Bonchev–Trinajstić information content (AvgIpc) is 3.31. The molecule has 3 N–H and O–H groups in total. The zero-order valence-electron chi connectivity index (χ0n) is 38.1. The molecule has 0 bridgehead atoms. The van der Waals surface area contributed by atoms with Crippen LogP contribution in [-0.4, -0.2) is 120 Å². The number of hydrogen-bond donors (Lipinski definition) is 3. The number of likely N-dealkylation sites (N-methyl/N-ethyl adjacent to an activating group) is 1. The van der Waals surface area contributed by atoms with Crippen molar-refractivity contribution in [1.29, 1.82) is 0 Å². The molecular formula is C48H59ClN10O7. The molecule has 0 radical (unpaired) electrons. The molecule has 6 heterocycles. The topological polar surface area (TPSA) is 191 Å². The second kappa shape index (κ2) is 19.8. The van der Waals surface area contributed by atoms with Crippen LogP contribution >= 0.6 is 11.6 Å². The molecule has 18 heteroatoms. The SMILES string of the molecule is CNC(=O)COc1cc2cc(Nc3nc(N4CCC(CN5CCC6(CC5)CCN(c5cccc(C)c5C(=O)N(C=O)C5CCC(=O)NC5=O)CC6)CC4)ncc3Cl)ccc2n(C(C)C)c1=O. The van der Waals surface area contributed by atoms with Crippen LogP contribution in [0.15, 0.2) is 53.5 Å². The van der Waals surface area contributed by atoms with Crippen LogP contribution in [-0.2, 0) is 19.2 Å². The van der Waals surface area contributed by atoms with Gasteiger partial charge in [-0.1, -0.05) is 23.7 Å². The van der Waals surface area contributed by atoms with E-state index in [1.54, 1.807) is 16.8 Å². The third kappa shape index (κ3) is 9.87. The van der Waals surface area contributed by atoms with E-state index in [1.165, 1.54) is 7.05 Å². The van der Waals surface area contributed by atoms with Gasteiger partial charge in [0.25, 0.3) is 17.4 Å². The number of rotatable bonds is 13. The first-order valence-electron chi connectivity index (χ1n) is 23.0. The third-order valence-electron chi connectivity index (χ3n) is 14.0. The number of pyridine rings is 1. The second-order valence-corrected chi connectivity index (χ2v) is 18.9. The van der Waals surface area contributed by atoms with E-state index in [1.807, 2.05) is 57.2 Å². The number of amides is 5. The number of aromatic nitrogens is 3. The van der Waals surface area contributed by atoms with Crippen molar-refractivity contribution in [2.24, 2.45) is 11.3 Å². The number of benzene rings is 2. The van der Waals surface area contributed by atoms with Gasteiger partial charge in [0.05, 0.1) is 17.3 Å². The van der Waals surface area contributed by atoms with Crippen molar-refractivity contribution in [3.8, 4) is 5.75 Å². The van der Waals surface area contributed by atoms with Crippen LogP contribution in [0.1, 0.15) is 87.2 Å². The van der Waals surface area contributed by atoms with Crippen molar-refractivity contribution in [3.63, 3.8) is 0 Å². The van der Waals surface area contributed by atoms with Crippen molar-refractivity contribution in [2.75, 3.05) is 74.6 Å². The molecule has 1 spiro atoms. The number of carbonyl (C=O) groups is 5. The molecule has 1 unspecified atom stereocenters. The zero-order valence-corrected chi connectivity index (χ0v) is 38.9. The highest BCUT2D eigenvalue weighted by atomic mass is 35.5. The highest BCUT2D eigenvalue weighted by Crippen LogP contribution is 2.43. The molecule has 4 aliphatic heterocycles. The van der Waals surface area contributed by atoms with Gasteiger partial charge in [-0.25, -0.2) is 4.98 Å². The molecule has 5 amide bonds. The minimum absolute atomic E-state index is 0.0741. The molecule has 4 fully saturated rings. The van der Waals surface area contributed by atoms with Crippen LogP contribution in [0.4, 0.5) is 23.1 Å². The number of nitrogens with one attached hydrogen (secondary N) is 3. The summed E-state index contributed by atoms with van der Waals surface area (Å²) in [5.41, 5.74) is 3.34. The number of imide groups is 2. The maximum absolute atomic E-state index is 13.9. The van der Waals surface area contributed by atoms with E-state index in [-0.39, 0.29) is 48.1 Å². The van der Waals surface area contributed by atoms with Gasteiger partial charge < -0.3 is 34.6 Å². The fourth-order valence-corrected chi connectivity index (χ4v) is 10.2. The van der Waals surface area contributed by atoms with Crippen molar-refractivity contribution in [2.45, 2.75) is 84.2 Å². The first-order chi connectivity index (χ1) is 31.8. The monoisotopic (exact) mass is 922 g/mol. The lowest BCUT2D eigenvalue weighted by molar-refractivity contribution is -0.139. The molecule has 2 aromatic heterocycles. The molecule has 4 saturated heterocycles. The molecule has 1 atom stereocenters. The van der Waals surface area contributed by atoms with E-state index in [2.05, 4.69) is 35.6 Å². The van der Waals surface area contributed by atoms with Crippen LogP contribution in [0.2, 0.25) is 5.02 Å². The van der Waals surface area contributed by atoms with Crippen molar-refractivity contribution in [3.05, 3.63) is 75.2 Å². The standard InChI is InChI=1S/C48H59ClN10O7/c1-30(2)59-36-9-8-34(24-33(36)25-39(45(59)64)66-28-41(62)50-4)52-43-35(49)26-51-47(54-43)57-18-12-32(13-19-57)27-55-20-14-48(15-21-55)16-22-56(23-17-48)37-7-5-6-31(3)42(37)46(65)58(29-60)38-10-11-40(61)53-44(38)63/h5-9,24-26,29-30,32,38H,10-23,27-28H2,1-4H3,(H,50,62)(H,51,52,54)(H,53,61,63). The van der Waals surface area contributed by atoms with Crippen molar-refractivity contribution >= 4 is 75.7 Å². The predicted octanol–water partition coefficient (Wildman–Crippen LogP) is 5.21. The quantitative estimate of drug-likeness (QED) is 0.117. The number of ether oxygens (including phenoxy) is 1. The molecule has 8 rings (SSSR count). The first kappa shape index (κ1) is 46.5. The Bertz CT molecular complexity index is 2560. The molecular weight excluding hydrogens is 864 g/mol. The van der Waals surface area contributed by atoms with Gasteiger partial charge in [0.1, 0.15) is 11.1 Å². The Kier molecular flexibility index (Phi) is 13.9. The summed E-state index contributed by atoms with van der Waals surface area (Å²) in [7, 11) is 1.51. The molecule has 350 valence electrons. The van der Waals surface area contributed by atoms with Crippen LogP contribution in [0.5, 0.6) is 5.75 Å². The van der Waals surface area contributed by atoms with Crippen LogP contribution in [0, 0.1) is 18.3 Å². The predicted molar refractivity (Wildman–Crippen MR) is 253 cm³/mol. The number of likely N-dealkylation sites (tertiary alicyclic amines) is 1. The summed E-state index contributed by atoms with van der Waals surface area (Å²) < 4.78 is 7.28. The Morgan fingerprint density at radius 3 is 2.39 bits per heavy atom. The highest BCUT2D eigenvalue weighted by Gasteiger charge is 2.40. The van der Waals surface area contributed by atoms with Crippen molar-refractivity contribution < 1.29 is 28.7 Å². The second-order valence-electron chi connectivity index (χ2n) is 18.5. The lowest BCUT2D eigenvalue weighted by Crippen LogP contribution is -2.54. The summed E-state index contributed by atoms with van der Waals surface area (Å²) in [6.45, 7) is 11.9. The van der Waals surface area contributed by atoms with E-state index in [4.69, 9.17) is 21.3 Å². The number of hydrogen-bond acceptors (Lipinski definition) is 13. The van der Waals surface area contributed by atoms with E-state index in [0.29, 0.717) is 34.7 Å². The number of carbonyl (C=O) groups excluding carboxylic acids is 5. The minimum atomic E-state index is -1.02. The maximum atomic E-state index is 13.9. The van der Waals surface area contributed by atoms with Gasteiger partial charge in [-0.15, -0.1) is 0 Å². The van der Waals surface area contributed by atoms with Gasteiger partial charge in [0.15, 0.2) is 18.2 Å². The lowest BCUT2D eigenvalue weighted by atomic mass is 9.71. The zero-order chi connectivity index (χ0) is 46.7. The summed E-state index contributed by atoms with van der Waals surface area (Å²) in [4.78, 5) is 93.2. The molecule has 0 saturated carbocycles. The van der Waals surface area contributed by atoms with E-state index in [9.17, 15) is 28.8 Å². The van der Waals surface area contributed by atoms with Gasteiger partial charge in [-0.2, -0.15) is 4.98 Å². The molecule has 2 aromatic carbocycles. The molecule has 4 aromatic rings. The van der Waals surface area contributed by atoms with Crippen molar-refractivity contribution in [1.82, 2.24) is 35.0 Å². The Morgan fingerprint density at radius 1 is 0.985 bits per heavy atom. The van der Waals surface area contributed by atoms with Gasteiger partial charge in [0.2, 0.25) is 24.2 Å². The molecule has 17 nitrogen and oxygen atoms in total. The Hall–Kier alpha value is -6.07. The number of piperidine rings is 4. The van der Waals surface area contributed by atoms with Crippen LogP contribution in [0.3, 0.4) is 0 Å². The number of halogens is 1. The Balaban J connectivity index is 0.837. The first-order valence-corrected chi connectivity index (χ1v) is 23.4. The van der Waals surface area contributed by atoms with E-state index in [0.717, 1.165) is 117 Å². The summed E-state index contributed by atoms with van der Waals surface area (Å²) >= 11 is 6.63. The van der Waals surface area contributed by atoms with E-state index >= 15 is 0 Å². The van der Waals surface area contributed by atoms with Gasteiger partial charge in [-0.05, 0) is 126 Å². The summed E-state index contributed by atoms with van der Waals surface area (Å²) in [6, 6.07) is 11.9. The normalized spacial score (nSPS) is 19.2. The summed E-state index contributed by atoms with van der Waals surface area (Å²) in [5, 5.41) is 9.26. The summed E-state index contributed by atoms with van der Waals surface area (Å²) in [6.07, 6.45) is 8.57. The van der Waals surface area contributed by atoms with Gasteiger partial charge in [0, 0.05) is 69.0 Å². The fraction of sp³-hybridized carbons (Fsp3) is 0.500. The highest BCUT2D eigenvalue weighted by molar-refractivity contribution is 6.33. The van der Waals surface area contributed by atoms with Gasteiger partial charge in [-0.3, -0.25) is 39.0 Å². The lowest BCUT2D eigenvalue weighted by Gasteiger charge is -2.48. The molecule has 4 aliphatic rings. The third-order valence-corrected chi connectivity index (χ3v) is 14.3. The number of aryl methyl sites for hydroxylation is 1. The maximum Gasteiger partial charge on any atom is 0.293 e. The number of fused-ring (bicyclic) bond motifs is 1. The average molecular weight is 924 g/mol. The summed E-state index contributed by atoms with van der Waals surface area (Å²) in [5.74, 6) is -0.124. The van der Waals surface area contributed by atoms with Crippen LogP contribution < -0.4 is 36.0 Å².